The highest BCUT2D eigenvalue weighted by molar-refractivity contribution is 5.60. The number of anilines is 1. The van der Waals surface area contributed by atoms with Crippen LogP contribution in [-0.2, 0) is 0 Å². The van der Waals surface area contributed by atoms with Crippen LogP contribution in [0.5, 0.6) is 5.88 Å². The summed E-state index contributed by atoms with van der Waals surface area (Å²) in [7, 11) is 1.49. The molecule has 0 saturated carbocycles. The van der Waals surface area contributed by atoms with E-state index in [1.807, 2.05) is 4.90 Å². The first-order valence-electron chi connectivity index (χ1n) is 6.74. The molecule has 7 heteroatoms. The van der Waals surface area contributed by atoms with Gasteiger partial charge in [-0.1, -0.05) is 0 Å². The van der Waals surface area contributed by atoms with Gasteiger partial charge in [0.1, 0.15) is 0 Å². The minimum atomic E-state index is -0.413. The normalized spacial score (nSPS) is 18.3. The van der Waals surface area contributed by atoms with Crippen LogP contribution < -0.4 is 9.64 Å². The van der Waals surface area contributed by atoms with Crippen LogP contribution in [0.3, 0.4) is 0 Å². The van der Waals surface area contributed by atoms with Gasteiger partial charge >= 0.3 is 5.69 Å². The van der Waals surface area contributed by atoms with Gasteiger partial charge in [-0.2, -0.15) is 4.98 Å². The molecular weight excluding hydrogens is 262 g/mol. The smallest absolute Gasteiger partial charge is 0.311 e. The number of hydrogen-bond donors (Lipinski definition) is 1. The van der Waals surface area contributed by atoms with E-state index in [0.29, 0.717) is 18.1 Å². The SMILES string of the molecule is COc1ccc([N+](=O)[O-])c(N2CCCC2CCCO)n1. The Morgan fingerprint density at radius 1 is 1.60 bits per heavy atom. The number of rotatable bonds is 6. The third kappa shape index (κ3) is 2.98. The van der Waals surface area contributed by atoms with Crippen LogP contribution in [0.2, 0.25) is 0 Å². The Hall–Kier alpha value is -1.89. The van der Waals surface area contributed by atoms with Gasteiger partial charge in [0, 0.05) is 31.3 Å². The van der Waals surface area contributed by atoms with Crippen molar-refractivity contribution in [2.75, 3.05) is 25.2 Å². The molecule has 1 N–H and O–H groups in total. The highest BCUT2D eigenvalue weighted by Crippen LogP contribution is 2.34. The van der Waals surface area contributed by atoms with E-state index in [-0.39, 0.29) is 18.3 Å². The number of nitrogens with zero attached hydrogens (tertiary/aromatic N) is 3. The number of ether oxygens (including phenoxy) is 1. The molecule has 1 aliphatic heterocycles. The zero-order chi connectivity index (χ0) is 14.5. The molecule has 0 aliphatic carbocycles. The highest BCUT2D eigenvalue weighted by Gasteiger charge is 2.31. The lowest BCUT2D eigenvalue weighted by Gasteiger charge is -2.25. The Morgan fingerprint density at radius 2 is 2.40 bits per heavy atom. The molecule has 1 aromatic heterocycles. The lowest BCUT2D eigenvalue weighted by atomic mass is 10.1. The molecule has 1 atom stereocenters. The number of hydrogen-bond acceptors (Lipinski definition) is 6. The fraction of sp³-hybridized carbons (Fsp3) is 0.615. The molecular formula is C13H19N3O4. The summed E-state index contributed by atoms with van der Waals surface area (Å²) in [5.41, 5.74) is 0.00157. The van der Waals surface area contributed by atoms with Crippen molar-refractivity contribution < 1.29 is 14.8 Å². The summed E-state index contributed by atoms with van der Waals surface area (Å²) < 4.78 is 5.07. The maximum Gasteiger partial charge on any atom is 0.311 e. The van der Waals surface area contributed by atoms with Crippen molar-refractivity contribution in [3.8, 4) is 5.88 Å². The molecule has 110 valence electrons. The molecule has 0 amide bonds. The van der Waals surface area contributed by atoms with Gasteiger partial charge in [0.2, 0.25) is 11.7 Å². The van der Waals surface area contributed by atoms with Crippen molar-refractivity contribution in [3.63, 3.8) is 0 Å². The van der Waals surface area contributed by atoms with Crippen LogP contribution in [0.25, 0.3) is 0 Å². The van der Waals surface area contributed by atoms with E-state index in [1.54, 1.807) is 0 Å². The van der Waals surface area contributed by atoms with E-state index in [2.05, 4.69) is 4.98 Å². The molecule has 1 unspecified atom stereocenters. The minimum Gasteiger partial charge on any atom is -0.481 e. The zero-order valence-electron chi connectivity index (χ0n) is 11.5. The number of nitro groups is 1. The van der Waals surface area contributed by atoms with Gasteiger partial charge in [0.15, 0.2) is 0 Å². The molecule has 1 saturated heterocycles. The van der Waals surface area contributed by atoms with Crippen molar-refractivity contribution in [1.82, 2.24) is 4.98 Å². The second-order valence-corrected chi connectivity index (χ2v) is 4.81. The van der Waals surface area contributed by atoms with Gasteiger partial charge in [0.25, 0.3) is 0 Å². The first-order valence-corrected chi connectivity index (χ1v) is 6.74. The second-order valence-electron chi connectivity index (χ2n) is 4.81. The fourth-order valence-electron chi connectivity index (χ4n) is 2.63. The van der Waals surface area contributed by atoms with Gasteiger partial charge in [-0.25, -0.2) is 0 Å². The average Bonchev–Trinajstić information content (AvgIpc) is 2.92. The maximum absolute atomic E-state index is 11.2. The zero-order valence-corrected chi connectivity index (χ0v) is 11.5. The largest absolute Gasteiger partial charge is 0.481 e. The van der Waals surface area contributed by atoms with Crippen LogP contribution in [0.4, 0.5) is 11.5 Å². The van der Waals surface area contributed by atoms with Crippen molar-refractivity contribution in [2.45, 2.75) is 31.7 Å². The van der Waals surface area contributed by atoms with Crippen molar-refractivity contribution in [1.29, 1.82) is 0 Å². The lowest BCUT2D eigenvalue weighted by Crippen LogP contribution is -2.30. The molecule has 0 radical (unpaired) electrons. The first-order chi connectivity index (χ1) is 9.67. The summed E-state index contributed by atoms with van der Waals surface area (Å²) in [6, 6.07) is 3.13. The van der Waals surface area contributed by atoms with Gasteiger partial charge in [0.05, 0.1) is 12.0 Å². The van der Waals surface area contributed by atoms with Gasteiger partial charge < -0.3 is 14.7 Å². The molecule has 2 rings (SSSR count). The van der Waals surface area contributed by atoms with E-state index >= 15 is 0 Å². The summed E-state index contributed by atoms with van der Waals surface area (Å²) in [6.07, 6.45) is 3.45. The number of aliphatic hydroxyl groups excluding tert-OH is 1. The van der Waals surface area contributed by atoms with Crippen molar-refractivity contribution in [2.24, 2.45) is 0 Å². The third-order valence-corrected chi connectivity index (χ3v) is 3.58. The monoisotopic (exact) mass is 281 g/mol. The van der Waals surface area contributed by atoms with Crippen LogP contribution in [0, 0.1) is 10.1 Å². The quantitative estimate of drug-likeness (QED) is 0.631. The van der Waals surface area contributed by atoms with Crippen LogP contribution in [0.1, 0.15) is 25.7 Å². The van der Waals surface area contributed by atoms with Gasteiger partial charge in [-0.3, -0.25) is 10.1 Å². The fourth-order valence-corrected chi connectivity index (χ4v) is 2.63. The van der Waals surface area contributed by atoms with Crippen LogP contribution >= 0.6 is 0 Å². The van der Waals surface area contributed by atoms with E-state index < -0.39 is 4.92 Å². The maximum atomic E-state index is 11.2. The molecule has 1 aromatic rings. The van der Waals surface area contributed by atoms with Crippen molar-refractivity contribution in [3.05, 3.63) is 22.2 Å². The topological polar surface area (TPSA) is 88.7 Å². The summed E-state index contributed by atoms with van der Waals surface area (Å²) in [4.78, 5) is 17.0. The predicted octanol–water partition coefficient (Wildman–Crippen LogP) is 1.74. The number of pyridine rings is 1. The van der Waals surface area contributed by atoms with Gasteiger partial charge in [-0.05, 0) is 25.7 Å². The Balaban J connectivity index is 2.31. The van der Waals surface area contributed by atoms with Crippen molar-refractivity contribution >= 4 is 11.5 Å². The summed E-state index contributed by atoms with van der Waals surface area (Å²) >= 11 is 0. The Bertz CT molecular complexity index is 481. The minimum absolute atomic E-state index is 0.00157. The molecule has 2 heterocycles. The molecule has 1 aliphatic rings. The Kier molecular flexibility index (Phi) is 4.73. The Morgan fingerprint density at radius 3 is 3.05 bits per heavy atom. The highest BCUT2D eigenvalue weighted by atomic mass is 16.6. The third-order valence-electron chi connectivity index (χ3n) is 3.58. The molecule has 0 spiro atoms. The second kappa shape index (κ2) is 6.51. The van der Waals surface area contributed by atoms with E-state index in [4.69, 9.17) is 9.84 Å². The van der Waals surface area contributed by atoms with E-state index in [9.17, 15) is 10.1 Å². The summed E-state index contributed by atoms with van der Waals surface area (Å²) in [5.74, 6) is 0.744. The van der Waals surface area contributed by atoms with Crippen LogP contribution in [0.15, 0.2) is 12.1 Å². The number of aromatic nitrogens is 1. The number of aliphatic hydroxyl groups is 1. The molecule has 7 nitrogen and oxygen atoms in total. The first kappa shape index (κ1) is 14.5. The van der Waals surface area contributed by atoms with Crippen LogP contribution in [-0.4, -0.2) is 41.3 Å². The van der Waals surface area contributed by atoms with E-state index in [1.165, 1.54) is 19.2 Å². The molecule has 0 aromatic carbocycles. The molecule has 20 heavy (non-hydrogen) atoms. The number of methoxy groups -OCH3 is 1. The summed E-state index contributed by atoms with van der Waals surface area (Å²) in [5, 5.41) is 20.1. The Labute approximate surface area is 117 Å². The van der Waals surface area contributed by atoms with Gasteiger partial charge in [-0.15, -0.1) is 0 Å². The molecule has 1 fully saturated rings. The molecule has 0 bridgehead atoms. The summed E-state index contributed by atoms with van der Waals surface area (Å²) in [6.45, 7) is 0.884. The standard InChI is InChI=1S/C13H19N3O4/c1-20-12-7-6-11(16(18)19)13(14-12)15-8-2-4-10(15)5-3-9-17/h6-7,10,17H,2-5,8-9H2,1H3. The average molecular weight is 281 g/mol. The van der Waals surface area contributed by atoms with E-state index in [0.717, 1.165) is 25.8 Å². The predicted molar refractivity (Wildman–Crippen MR) is 74.1 cm³/mol. The lowest BCUT2D eigenvalue weighted by molar-refractivity contribution is -0.384.